The molecule has 0 amide bonds. The van der Waals surface area contributed by atoms with Crippen LogP contribution in [-0.2, 0) is 6.42 Å². The predicted molar refractivity (Wildman–Crippen MR) is 69.5 cm³/mol. The number of pyridine rings is 1. The maximum Gasteiger partial charge on any atom is 0.0299 e. The van der Waals surface area contributed by atoms with E-state index in [0.29, 0.717) is 6.04 Å². The summed E-state index contributed by atoms with van der Waals surface area (Å²) < 4.78 is 0. The summed E-state index contributed by atoms with van der Waals surface area (Å²) in [5.74, 6) is 0. The first kappa shape index (κ1) is 12.9. The minimum atomic E-state index is 0.553. The second kappa shape index (κ2) is 8.05. The van der Waals surface area contributed by atoms with Gasteiger partial charge in [0.2, 0.25) is 0 Å². The Kier molecular flexibility index (Phi) is 6.50. The van der Waals surface area contributed by atoms with Gasteiger partial charge in [-0.05, 0) is 43.9 Å². The zero-order valence-corrected chi connectivity index (χ0v) is 10.2. The Morgan fingerprint density at radius 2 is 2.44 bits per heavy atom. The van der Waals surface area contributed by atoms with E-state index >= 15 is 0 Å². The first-order chi connectivity index (χ1) is 7.86. The van der Waals surface area contributed by atoms with Crippen LogP contribution in [0.15, 0.2) is 37.2 Å². The molecule has 1 aromatic heterocycles. The number of aromatic nitrogens is 1. The molecule has 16 heavy (non-hydrogen) atoms. The highest BCUT2D eigenvalue weighted by molar-refractivity contribution is 5.08. The molecule has 1 atom stereocenters. The number of hydrogen-bond donors (Lipinski definition) is 1. The van der Waals surface area contributed by atoms with E-state index in [1.54, 1.807) is 0 Å². The number of aryl methyl sites for hydroxylation is 1. The fourth-order valence-corrected chi connectivity index (χ4v) is 1.74. The van der Waals surface area contributed by atoms with Gasteiger partial charge in [0.1, 0.15) is 0 Å². The van der Waals surface area contributed by atoms with Crippen molar-refractivity contribution in [1.29, 1.82) is 0 Å². The summed E-state index contributed by atoms with van der Waals surface area (Å²) in [4.78, 5) is 4.13. The number of rotatable bonds is 8. The maximum atomic E-state index is 4.13. The Balaban J connectivity index is 2.34. The van der Waals surface area contributed by atoms with E-state index < -0.39 is 0 Å². The molecule has 0 aliphatic heterocycles. The Morgan fingerprint density at radius 3 is 3.06 bits per heavy atom. The fourth-order valence-electron chi connectivity index (χ4n) is 1.74. The Hall–Kier alpha value is -1.15. The molecule has 0 bridgehead atoms. The summed E-state index contributed by atoms with van der Waals surface area (Å²) in [6, 6.07) is 4.69. The molecule has 0 fully saturated rings. The fraction of sp³-hybridized carbons (Fsp3) is 0.500. The van der Waals surface area contributed by atoms with Gasteiger partial charge in [-0.3, -0.25) is 4.98 Å². The summed E-state index contributed by atoms with van der Waals surface area (Å²) in [7, 11) is 0. The predicted octanol–water partition coefficient (Wildman–Crippen LogP) is 2.96. The highest BCUT2D eigenvalue weighted by Gasteiger charge is 2.05. The molecule has 88 valence electrons. The molecule has 2 nitrogen and oxygen atoms in total. The summed E-state index contributed by atoms with van der Waals surface area (Å²) in [6.07, 6.45) is 10.2. The third kappa shape index (κ3) is 5.08. The normalized spacial score (nSPS) is 12.3. The first-order valence-electron chi connectivity index (χ1n) is 6.10. The van der Waals surface area contributed by atoms with Gasteiger partial charge in [0.25, 0.3) is 0 Å². The van der Waals surface area contributed by atoms with Crippen LogP contribution >= 0.6 is 0 Å². The van der Waals surface area contributed by atoms with Crippen LogP contribution in [0.1, 0.15) is 31.7 Å². The van der Waals surface area contributed by atoms with Crippen LogP contribution in [0.5, 0.6) is 0 Å². The van der Waals surface area contributed by atoms with Crippen molar-refractivity contribution in [3.63, 3.8) is 0 Å². The van der Waals surface area contributed by atoms with Gasteiger partial charge in [0.15, 0.2) is 0 Å². The van der Waals surface area contributed by atoms with Crippen LogP contribution < -0.4 is 5.32 Å². The second-order valence-electron chi connectivity index (χ2n) is 4.08. The van der Waals surface area contributed by atoms with Crippen molar-refractivity contribution in [1.82, 2.24) is 10.3 Å². The van der Waals surface area contributed by atoms with E-state index in [-0.39, 0.29) is 0 Å². The average molecular weight is 218 g/mol. The largest absolute Gasteiger partial charge is 0.314 e. The van der Waals surface area contributed by atoms with E-state index in [2.05, 4.69) is 29.9 Å². The average Bonchev–Trinajstić information content (AvgIpc) is 2.34. The molecule has 0 saturated heterocycles. The third-order valence-corrected chi connectivity index (χ3v) is 2.64. The topological polar surface area (TPSA) is 24.9 Å². The van der Waals surface area contributed by atoms with Crippen LogP contribution in [0.2, 0.25) is 0 Å². The monoisotopic (exact) mass is 218 g/mol. The molecule has 0 aliphatic carbocycles. The van der Waals surface area contributed by atoms with Gasteiger partial charge in [0, 0.05) is 18.4 Å². The molecular weight excluding hydrogens is 196 g/mol. The van der Waals surface area contributed by atoms with E-state index in [0.717, 1.165) is 25.8 Å². The maximum absolute atomic E-state index is 4.13. The molecule has 1 unspecified atom stereocenters. The lowest BCUT2D eigenvalue weighted by atomic mass is 10.0. The molecule has 0 aromatic carbocycles. The van der Waals surface area contributed by atoms with Gasteiger partial charge in [-0.2, -0.15) is 0 Å². The molecular formula is C14H22N2. The molecule has 0 spiro atoms. The van der Waals surface area contributed by atoms with Gasteiger partial charge in [-0.15, -0.1) is 6.58 Å². The molecule has 1 heterocycles. The Bertz CT molecular complexity index is 282. The summed E-state index contributed by atoms with van der Waals surface area (Å²) in [6.45, 7) is 7.09. The molecule has 2 heteroatoms. The number of nitrogens with one attached hydrogen (secondary N) is 1. The van der Waals surface area contributed by atoms with Crippen molar-refractivity contribution >= 4 is 0 Å². The van der Waals surface area contributed by atoms with Crippen molar-refractivity contribution in [2.45, 2.75) is 38.6 Å². The van der Waals surface area contributed by atoms with E-state index in [1.165, 1.54) is 12.0 Å². The Labute approximate surface area is 98.8 Å². The first-order valence-corrected chi connectivity index (χ1v) is 6.10. The highest BCUT2D eigenvalue weighted by atomic mass is 14.9. The quantitative estimate of drug-likeness (QED) is 0.679. The van der Waals surface area contributed by atoms with Gasteiger partial charge in [-0.1, -0.05) is 19.1 Å². The van der Waals surface area contributed by atoms with E-state index in [9.17, 15) is 0 Å². The molecule has 0 aliphatic rings. The van der Waals surface area contributed by atoms with Crippen molar-refractivity contribution in [3.05, 3.63) is 42.7 Å². The summed E-state index contributed by atoms with van der Waals surface area (Å²) >= 11 is 0. The minimum absolute atomic E-state index is 0.553. The standard InChI is InChI=1S/C14H22N2/c1-3-6-14(16-10-4-2)9-8-13-7-5-11-15-12-13/h3,5,7,11-12,14,16H,1,4,6,8-10H2,2H3. The van der Waals surface area contributed by atoms with Crippen molar-refractivity contribution in [3.8, 4) is 0 Å². The van der Waals surface area contributed by atoms with Gasteiger partial charge >= 0.3 is 0 Å². The molecule has 1 rings (SSSR count). The minimum Gasteiger partial charge on any atom is -0.314 e. The zero-order chi connectivity index (χ0) is 11.6. The van der Waals surface area contributed by atoms with E-state index in [1.807, 2.05) is 24.5 Å². The van der Waals surface area contributed by atoms with Crippen molar-refractivity contribution < 1.29 is 0 Å². The van der Waals surface area contributed by atoms with Crippen LogP contribution in [0.4, 0.5) is 0 Å². The van der Waals surface area contributed by atoms with Crippen LogP contribution in [0.3, 0.4) is 0 Å². The summed E-state index contributed by atoms with van der Waals surface area (Å²) in [5, 5.41) is 3.55. The number of hydrogen-bond acceptors (Lipinski definition) is 2. The number of nitrogens with zero attached hydrogens (tertiary/aromatic N) is 1. The highest BCUT2D eigenvalue weighted by Crippen LogP contribution is 2.06. The molecule has 0 saturated carbocycles. The lowest BCUT2D eigenvalue weighted by molar-refractivity contribution is 0.484. The Morgan fingerprint density at radius 1 is 1.56 bits per heavy atom. The lowest BCUT2D eigenvalue weighted by Crippen LogP contribution is -2.29. The SMILES string of the molecule is C=CCC(CCc1cccnc1)NCCC. The van der Waals surface area contributed by atoms with Crippen molar-refractivity contribution in [2.24, 2.45) is 0 Å². The van der Waals surface area contributed by atoms with Crippen molar-refractivity contribution in [2.75, 3.05) is 6.54 Å². The zero-order valence-electron chi connectivity index (χ0n) is 10.2. The molecule has 1 N–H and O–H groups in total. The van der Waals surface area contributed by atoms with Crippen LogP contribution in [-0.4, -0.2) is 17.6 Å². The second-order valence-corrected chi connectivity index (χ2v) is 4.08. The van der Waals surface area contributed by atoms with Crippen LogP contribution in [0.25, 0.3) is 0 Å². The third-order valence-electron chi connectivity index (χ3n) is 2.64. The van der Waals surface area contributed by atoms with Crippen LogP contribution in [0, 0.1) is 0 Å². The smallest absolute Gasteiger partial charge is 0.0299 e. The summed E-state index contributed by atoms with van der Waals surface area (Å²) in [5.41, 5.74) is 1.31. The molecule has 1 aromatic rings. The van der Waals surface area contributed by atoms with E-state index in [4.69, 9.17) is 0 Å². The lowest BCUT2D eigenvalue weighted by Gasteiger charge is -2.16. The molecule has 0 radical (unpaired) electrons. The van der Waals surface area contributed by atoms with Gasteiger partial charge < -0.3 is 5.32 Å². The van der Waals surface area contributed by atoms with Gasteiger partial charge in [-0.25, -0.2) is 0 Å². The van der Waals surface area contributed by atoms with Gasteiger partial charge in [0.05, 0.1) is 0 Å².